The number of halogens is 4. The van der Waals surface area contributed by atoms with Gasteiger partial charge in [0.2, 0.25) is 0 Å². The zero-order chi connectivity index (χ0) is 19.2. The van der Waals surface area contributed by atoms with Crippen molar-refractivity contribution in [3.8, 4) is 0 Å². The van der Waals surface area contributed by atoms with Crippen molar-refractivity contribution in [2.24, 2.45) is 0 Å². The number of likely N-dealkylation sites (N-methyl/N-ethyl adjacent to an activating group) is 1. The number of alkyl halides is 3. The Labute approximate surface area is 161 Å². The lowest BCUT2D eigenvalue weighted by Crippen LogP contribution is -2.27. The molecular formula is C21H20ClF3N2. The summed E-state index contributed by atoms with van der Waals surface area (Å²) in [6.45, 7) is 2.33. The molecule has 0 spiro atoms. The minimum atomic E-state index is -4.33. The first-order chi connectivity index (χ1) is 12.8. The van der Waals surface area contributed by atoms with E-state index in [-0.39, 0.29) is 0 Å². The topological polar surface area (TPSA) is 8.17 Å². The summed E-state index contributed by atoms with van der Waals surface area (Å²) >= 11 is 5.95. The third kappa shape index (κ3) is 3.58. The van der Waals surface area contributed by atoms with Gasteiger partial charge < -0.3 is 9.47 Å². The number of aromatic nitrogens is 1. The molecule has 0 fully saturated rings. The zero-order valence-corrected chi connectivity index (χ0v) is 15.7. The molecule has 27 heavy (non-hydrogen) atoms. The predicted octanol–water partition coefficient (Wildman–Crippen LogP) is 5.54. The van der Waals surface area contributed by atoms with E-state index in [1.54, 1.807) is 6.07 Å². The Balaban J connectivity index is 1.76. The number of benzene rings is 2. The number of aryl methyl sites for hydroxylation is 2. The van der Waals surface area contributed by atoms with Crippen LogP contribution in [-0.2, 0) is 32.1 Å². The molecule has 0 amide bonds. The molecule has 0 aliphatic carbocycles. The Morgan fingerprint density at radius 2 is 1.81 bits per heavy atom. The van der Waals surface area contributed by atoms with E-state index in [1.165, 1.54) is 12.1 Å². The van der Waals surface area contributed by atoms with Crippen molar-refractivity contribution < 1.29 is 13.2 Å². The molecule has 142 valence electrons. The Morgan fingerprint density at radius 3 is 2.52 bits per heavy atom. The summed E-state index contributed by atoms with van der Waals surface area (Å²) in [5, 5.41) is 1.42. The molecular weight excluding hydrogens is 373 g/mol. The van der Waals surface area contributed by atoms with Crippen molar-refractivity contribution in [2.75, 3.05) is 13.6 Å². The number of rotatable bonds is 3. The Kier molecular flexibility index (Phi) is 4.68. The normalized spacial score (nSPS) is 15.3. The van der Waals surface area contributed by atoms with E-state index < -0.39 is 11.7 Å². The minimum Gasteiger partial charge on any atom is -0.344 e. The van der Waals surface area contributed by atoms with Crippen LogP contribution in [0.2, 0.25) is 5.02 Å². The molecule has 1 aliphatic rings. The van der Waals surface area contributed by atoms with Gasteiger partial charge in [-0.1, -0.05) is 23.7 Å². The van der Waals surface area contributed by atoms with Crippen molar-refractivity contribution in [1.29, 1.82) is 0 Å². The standard InChI is InChI=1S/C21H20ClF3N2/c1-26-10-9-20-18(13-26)17-12-15(21(23,24)25)4-7-19(17)27(20)11-8-14-2-5-16(22)6-3-14/h2-7,12H,8-11,13H2,1H3. The second-order valence-corrected chi connectivity index (χ2v) is 7.61. The van der Waals surface area contributed by atoms with Crippen LogP contribution in [0.1, 0.15) is 22.4 Å². The van der Waals surface area contributed by atoms with Crippen LogP contribution in [0, 0.1) is 0 Å². The van der Waals surface area contributed by atoms with Crippen LogP contribution in [0.5, 0.6) is 0 Å². The Hall–Kier alpha value is -1.98. The molecule has 0 radical (unpaired) electrons. The lowest BCUT2D eigenvalue weighted by Gasteiger charge is -2.24. The molecule has 1 aromatic heterocycles. The third-order valence-electron chi connectivity index (χ3n) is 5.31. The van der Waals surface area contributed by atoms with E-state index in [9.17, 15) is 13.2 Å². The van der Waals surface area contributed by atoms with E-state index in [0.29, 0.717) is 11.6 Å². The van der Waals surface area contributed by atoms with Crippen molar-refractivity contribution in [3.63, 3.8) is 0 Å². The van der Waals surface area contributed by atoms with E-state index in [0.717, 1.165) is 53.7 Å². The highest BCUT2D eigenvalue weighted by molar-refractivity contribution is 6.30. The number of hydrogen-bond acceptors (Lipinski definition) is 1. The third-order valence-corrected chi connectivity index (χ3v) is 5.56. The van der Waals surface area contributed by atoms with Crippen LogP contribution < -0.4 is 0 Å². The molecule has 0 bridgehead atoms. The maximum atomic E-state index is 13.2. The van der Waals surface area contributed by atoms with Crippen LogP contribution in [0.25, 0.3) is 10.9 Å². The predicted molar refractivity (Wildman–Crippen MR) is 102 cm³/mol. The van der Waals surface area contributed by atoms with Gasteiger partial charge >= 0.3 is 6.18 Å². The summed E-state index contributed by atoms with van der Waals surface area (Å²) in [6, 6.07) is 11.8. The molecule has 1 aliphatic heterocycles. The first-order valence-corrected chi connectivity index (χ1v) is 9.35. The summed E-state index contributed by atoms with van der Waals surface area (Å²) in [7, 11) is 2.01. The molecule has 2 aromatic carbocycles. The second kappa shape index (κ2) is 6.88. The molecule has 0 N–H and O–H groups in total. The average Bonchev–Trinajstić information content (AvgIpc) is 2.93. The summed E-state index contributed by atoms with van der Waals surface area (Å²) in [5.74, 6) is 0. The van der Waals surface area contributed by atoms with E-state index in [2.05, 4.69) is 9.47 Å². The fraction of sp³-hybridized carbons (Fsp3) is 0.333. The zero-order valence-electron chi connectivity index (χ0n) is 15.0. The highest BCUT2D eigenvalue weighted by Gasteiger charge is 2.32. The summed E-state index contributed by atoms with van der Waals surface area (Å²) in [4.78, 5) is 2.16. The van der Waals surface area contributed by atoms with Crippen molar-refractivity contribution in [3.05, 3.63) is 69.9 Å². The largest absolute Gasteiger partial charge is 0.416 e. The van der Waals surface area contributed by atoms with Gasteiger partial charge in [0, 0.05) is 47.7 Å². The van der Waals surface area contributed by atoms with Gasteiger partial charge in [0.25, 0.3) is 0 Å². The molecule has 4 rings (SSSR count). The SMILES string of the molecule is CN1CCc2c(c3cc(C(F)(F)F)ccc3n2CCc2ccc(Cl)cc2)C1. The molecule has 6 heteroatoms. The number of nitrogens with zero attached hydrogens (tertiary/aromatic N) is 2. The Morgan fingerprint density at radius 1 is 1.07 bits per heavy atom. The lowest BCUT2D eigenvalue weighted by atomic mass is 10.0. The van der Waals surface area contributed by atoms with Gasteiger partial charge in [0.1, 0.15) is 0 Å². The highest BCUT2D eigenvalue weighted by atomic mass is 35.5. The molecule has 2 nitrogen and oxygen atoms in total. The monoisotopic (exact) mass is 392 g/mol. The minimum absolute atomic E-state index is 0.583. The van der Waals surface area contributed by atoms with Crippen LogP contribution in [-0.4, -0.2) is 23.1 Å². The molecule has 0 atom stereocenters. The van der Waals surface area contributed by atoms with Crippen LogP contribution >= 0.6 is 11.6 Å². The van der Waals surface area contributed by atoms with Crippen molar-refractivity contribution in [1.82, 2.24) is 9.47 Å². The van der Waals surface area contributed by atoms with Gasteiger partial charge in [-0.25, -0.2) is 0 Å². The lowest BCUT2D eigenvalue weighted by molar-refractivity contribution is -0.137. The van der Waals surface area contributed by atoms with E-state index in [4.69, 9.17) is 11.6 Å². The maximum Gasteiger partial charge on any atom is 0.416 e. The smallest absolute Gasteiger partial charge is 0.344 e. The van der Waals surface area contributed by atoms with Gasteiger partial charge in [-0.3, -0.25) is 0 Å². The van der Waals surface area contributed by atoms with Crippen LogP contribution in [0.4, 0.5) is 13.2 Å². The molecule has 0 unspecified atom stereocenters. The highest BCUT2D eigenvalue weighted by Crippen LogP contribution is 2.36. The molecule has 3 aromatic rings. The first-order valence-electron chi connectivity index (χ1n) is 8.97. The van der Waals surface area contributed by atoms with E-state index >= 15 is 0 Å². The van der Waals surface area contributed by atoms with Gasteiger partial charge in [0.05, 0.1) is 5.56 Å². The summed E-state index contributed by atoms with van der Waals surface area (Å²) in [5.41, 5.74) is 3.66. The summed E-state index contributed by atoms with van der Waals surface area (Å²) in [6.07, 6.45) is -2.67. The molecule has 0 saturated carbocycles. The number of fused-ring (bicyclic) bond motifs is 3. The molecule has 0 saturated heterocycles. The van der Waals surface area contributed by atoms with Crippen molar-refractivity contribution >= 4 is 22.5 Å². The number of hydrogen-bond donors (Lipinski definition) is 0. The fourth-order valence-corrected chi connectivity index (χ4v) is 4.03. The summed E-state index contributed by atoms with van der Waals surface area (Å²) < 4.78 is 41.8. The van der Waals surface area contributed by atoms with E-state index in [1.807, 2.05) is 31.3 Å². The quantitative estimate of drug-likeness (QED) is 0.567. The maximum absolute atomic E-state index is 13.2. The van der Waals surface area contributed by atoms with Crippen molar-refractivity contribution in [2.45, 2.75) is 32.1 Å². The average molecular weight is 393 g/mol. The van der Waals surface area contributed by atoms with Gasteiger partial charge in [-0.2, -0.15) is 13.2 Å². The fourth-order valence-electron chi connectivity index (χ4n) is 3.91. The van der Waals surface area contributed by atoms with Gasteiger partial charge in [-0.05, 0) is 54.9 Å². The first kappa shape index (κ1) is 18.4. The molecule has 2 heterocycles. The van der Waals surface area contributed by atoms with Gasteiger partial charge in [-0.15, -0.1) is 0 Å². The second-order valence-electron chi connectivity index (χ2n) is 7.17. The van der Waals surface area contributed by atoms with Crippen LogP contribution in [0.15, 0.2) is 42.5 Å². The Bertz CT molecular complexity index is 974. The van der Waals surface area contributed by atoms with Gasteiger partial charge in [0.15, 0.2) is 0 Å². The van der Waals surface area contributed by atoms with Crippen LogP contribution in [0.3, 0.4) is 0 Å².